The number of hydrogen-bond acceptors (Lipinski definition) is 3. The molecule has 4 nitrogen and oxygen atoms in total. The molecule has 0 bridgehead atoms. The molecule has 0 fully saturated rings. The number of benzene rings is 2. The van der Waals surface area contributed by atoms with E-state index in [0.717, 1.165) is 5.69 Å². The molecule has 2 rings (SSSR count). The summed E-state index contributed by atoms with van der Waals surface area (Å²) in [5, 5.41) is 13.0. The fourth-order valence-electron chi connectivity index (χ4n) is 2.18. The molecule has 2 N–H and O–H groups in total. The Morgan fingerprint density at radius 3 is 2.36 bits per heavy atom. The van der Waals surface area contributed by atoms with Crippen LogP contribution in [0, 0.1) is 0 Å². The molecule has 1 amide bonds. The number of anilines is 2. The van der Waals surface area contributed by atoms with E-state index >= 15 is 0 Å². The first-order chi connectivity index (χ1) is 10.5. The summed E-state index contributed by atoms with van der Waals surface area (Å²) in [5.41, 5.74) is 2.00. The first-order valence-electron chi connectivity index (χ1n) is 7.20. The number of nitrogens with one attached hydrogen (secondary N) is 1. The standard InChI is InChI=1S/C17H19ClN2O2/c1-3-20(4-2)17(22)15-11-12(18)5-10-16(15)19-13-6-8-14(21)9-7-13/h5-11,19,21H,3-4H2,1-2H3. The highest BCUT2D eigenvalue weighted by atomic mass is 35.5. The van der Waals surface area contributed by atoms with E-state index in [0.29, 0.717) is 29.4 Å². The van der Waals surface area contributed by atoms with Gasteiger partial charge in [0.25, 0.3) is 5.91 Å². The summed E-state index contributed by atoms with van der Waals surface area (Å²) in [6.45, 7) is 5.17. The molecule has 116 valence electrons. The Morgan fingerprint density at radius 2 is 1.77 bits per heavy atom. The third kappa shape index (κ3) is 3.71. The van der Waals surface area contributed by atoms with E-state index in [-0.39, 0.29) is 11.7 Å². The topological polar surface area (TPSA) is 52.6 Å². The molecular weight excluding hydrogens is 300 g/mol. The highest BCUT2D eigenvalue weighted by Gasteiger charge is 2.17. The second kappa shape index (κ2) is 7.18. The molecule has 0 spiro atoms. The van der Waals surface area contributed by atoms with Crippen molar-refractivity contribution in [3.63, 3.8) is 0 Å². The monoisotopic (exact) mass is 318 g/mol. The Kier molecular flexibility index (Phi) is 5.28. The second-order valence-electron chi connectivity index (χ2n) is 4.84. The van der Waals surface area contributed by atoms with E-state index in [1.807, 2.05) is 13.8 Å². The molecule has 22 heavy (non-hydrogen) atoms. The van der Waals surface area contributed by atoms with Crippen LogP contribution in [0.25, 0.3) is 0 Å². The minimum Gasteiger partial charge on any atom is -0.508 e. The van der Waals surface area contributed by atoms with E-state index in [1.165, 1.54) is 0 Å². The molecule has 2 aromatic carbocycles. The normalized spacial score (nSPS) is 10.3. The lowest BCUT2D eigenvalue weighted by molar-refractivity contribution is 0.0774. The Labute approximate surface area is 135 Å². The molecule has 0 heterocycles. The molecule has 0 aliphatic carbocycles. The number of carbonyl (C=O) groups excluding carboxylic acids is 1. The van der Waals surface area contributed by atoms with Gasteiger partial charge in [-0.1, -0.05) is 11.6 Å². The van der Waals surface area contributed by atoms with Crippen molar-refractivity contribution in [2.75, 3.05) is 18.4 Å². The maximum atomic E-state index is 12.6. The van der Waals surface area contributed by atoms with Gasteiger partial charge in [-0.25, -0.2) is 0 Å². The fourth-order valence-corrected chi connectivity index (χ4v) is 2.36. The first kappa shape index (κ1) is 16.2. The van der Waals surface area contributed by atoms with Crippen molar-refractivity contribution in [1.82, 2.24) is 4.90 Å². The summed E-state index contributed by atoms with van der Waals surface area (Å²) in [6.07, 6.45) is 0. The molecule has 0 aromatic heterocycles. The zero-order chi connectivity index (χ0) is 16.1. The van der Waals surface area contributed by atoms with Crippen molar-refractivity contribution in [1.29, 1.82) is 0 Å². The van der Waals surface area contributed by atoms with E-state index in [4.69, 9.17) is 11.6 Å². The Hall–Kier alpha value is -2.20. The van der Waals surface area contributed by atoms with Crippen molar-refractivity contribution >= 4 is 28.9 Å². The van der Waals surface area contributed by atoms with Crippen LogP contribution in [0.5, 0.6) is 5.75 Å². The van der Waals surface area contributed by atoms with Gasteiger partial charge in [0.2, 0.25) is 0 Å². The Balaban J connectivity index is 2.35. The lowest BCUT2D eigenvalue weighted by atomic mass is 10.1. The molecule has 0 aliphatic rings. The van der Waals surface area contributed by atoms with Crippen molar-refractivity contribution in [2.45, 2.75) is 13.8 Å². The third-order valence-electron chi connectivity index (χ3n) is 3.41. The van der Waals surface area contributed by atoms with Gasteiger partial charge in [-0.15, -0.1) is 0 Å². The molecular formula is C17H19ClN2O2. The van der Waals surface area contributed by atoms with Crippen LogP contribution in [0.3, 0.4) is 0 Å². The average molecular weight is 319 g/mol. The fraction of sp³-hybridized carbons (Fsp3) is 0.235. The number of amides is 1. The van der Waals surface area contributed by atoms with Gasteiger partial charge in [-0.2, -0.15) is 0 Å². The minimum atomic E-state index is -0.0613. The van der Waals surface area contributed by atoms with Gasteiger partial charge < -0.3 is 15.3 Å². The maximum absolute atomic E-state index is 12.6. The number of rotatable bonds is 5. The third-order valence-corrected chi connectivity index (χ3v) is 3.64. The van der Waals surface area contributed by atoms with Crippen LogP contribution in [0.1, 0.15) is 24.2 Å². The molecule has 5 heteroatoms. The van der Waals surface area contributed by atoms with Crippen molar-refractivity contribution in [3.05, 3.63) is 53.1 Å². The van der Waals surface area contributed by atoms with Crippen LogP contribution in [0.2, 0.25) is 5.02 Å². The summed E-state index contributed by atoms with van der Waals surface area (Å²) in [7, 11) is 0. The Bertz CT molecular complexity index is 652. The van der Waals surface area contributed by atoms with Crippen LogP contribution in [0.4, 0.5) is 11.4 Å². The van der Waals surface area contributed by atoms with E-state index in [9.17, 15) is 9.90 Å². The summed E-state index contributed by atoms with van der Waals surface area (Å²) in [5.74, 6) is 0.134. The van der Waals surface area contributed by atoms with E-state index < -0.39 is 0 Å². The number of halogens is 1. The smallest absolute Gasteiger partial charge is 0.255 e. The molecule has 0 atom stereocenters. The van der Waals surface area contributed by atoms with Crippen LogP contribution < -0.4 is 5.32 Å². The molecule has 0 saturated carbocycles. The second-order valence-corrected chi connectivity index (χ2v) is 5.28. The van der Waals surface area contributed by atoms with Crippen LogP contribution in [-0.2, 0) is 0 Å². The lowest BCUT2D eigenvalue weighted by Gasteiger charge is -2.21. The predicted octanol–water partition coefficient (Wildman–Crippen LogP) is 4.27. The predicted molar refractivity (Wildman–Crippen MR) is 90.1 cm³/mol. The number of phenolic OH excluding ortho intramolecular Hbond substituents is 1. The molecule has 0 aliphatic heterocycles. The lowest BCUT2D eigenvalue weighted by Crippen LogP contribution is -2.30. The summed E-state index contributed by atoms with van der Waals surface area (Å²) >= 11 is 6.04. The average Bonchev–Trinajstić information content (AvgIpc) is 2.52. The Morgan fingerprint density at radius 1 is 1.14 bits per heavy atom. The van der Waals surface area contributed by atoms with Crippen molar-refractivity contribution in [2.24, 2.45) is 0 Å². The number of nitrogens with zero attached hydrogens (tertiary/aromatic N) is 1. The number of carbonyl (C=O) groups is 1. The van der Waals surface area contributed by atoms with E-state index in [2.05, 4.69) is 5.32 Å². The van der Waals surface area contributed by atoms with Gasteiger partial charge in [0.1, 0.15) is 5.75 Å². The van der Waals surface area contributed by atoms with Crippen molar-refractivity contribution < 1.29 is 9.90 Å². The highest BCUT2D eigenvalue weighted by Crippen LogP contribution is 2.26. The van der Waals surface area contributed by atoms with Crippen molar-refractivity contribution in [3.8, 4) is 5.75 Å². The molecule has 2 aromatic rings. The van der Waals surface area contributed by atoms with Gasteiger partial charge in [0.05, 0.1) is 11.3 Å². The van der Waals surface area contributed by atoms with Crippen LogP contribution in [0.15, 0.2) is 42.5 Å². The summed E-state index contributed by atoms with van der Waals surface area (Å²) in [6, 6.07) is 11.9. The maximum Gasteiger partial charge on any atom is 0.255 e. The molecule has 0 saturated heterocycles. The van der Waals surface area contributed by atoms with Crippen LogP contribution >= 0.6 is 11.6 Å². The largest absolute Gasteiger partial charge is 0.508 e. The van der Waals surface area contributed by atoms with Crippen LogP contribution in [-0.4, -0.2) is 29.0 Å². The van der Waals surface area contributed by atoms with Gasteiger partial charge in [-0.05, 0) is 56.3 Å². The number of hydrogen-bond donors (Lipinski definition) is 2. The van der Waals surface area contributed by atoms with Gasteiger partial charge in [0, 0.05) is 23.8 Å². The van der Waals surface area contributed by atoms with Gasteiger partial charge >= 0.3 is 0 Å². The zero-order valence-electron chi connectivity index (χ0n) is 12.6. The number of aromatic hydroxyl groups is 1. The van der Waals surface area contributed by atoms with Gasteiger partial charge in [-0.3, -0.25) is 4.79 Å². The SMILES string of the molecule is CCN(CC)C(=O)c1cc(Cl)ccc1Nc1ccc(O)cc1. The molecule has 0 unspecified atom stereocenters. The molecule has 0 radical (unpaired) electrons. The zero-order valence-corrected chi connectivity index (χ0v) is 13.4. The highest BCUT2D eigenvalue weighted by molar-refractivity contribution is 6.31. The van der Waals surface area contributed by atoms with Gasteiger partial charge in [0.15, 0.2) is 0 Å². The summed E-state index contributed by atoms with van der Waals surface area (Å²) in [4.78, 5) is 14.4. The van der Waals surface area contributed by atoms with E-state index in [1.54, 1.807) is 47.4 Å². The summed E-state index contributed by atoms with van der Waals surface area (Å²) < 4.78 is 0. The minimum absolute atomic E-state index is 0.0613. The number of phenols is 1. The first-order valence-corrected chi connectivity index (χ1v) is 7.57. The quantitative estimate of drug-likeness (QED) is 0.809.